The normalized spacial score (nSPS) is 23.3. The molecule has 2 saturated heterocycles. The number of aromatic nitrogens is 1. The van der Waals surface area contributed by atoms with Crippen LogP contribution in [0.5, 0.6) is 0 Å². The Morgan fingerprint density at radius 3 is 2.52 bits per heavy atom. The van der Waals surface area contributed by atoms with Crippen LogP contribution in [0.25, 0.3) is 0 Å². The summed E-state index contributed by atoms with van der Waals surface area (Å²) < 4.78 is 29.5. The fourth-order valence-electron chi connectivity index (χ4n) is 3.30. The van der Waals surface area contributed by atoms with Crippen LogP contribution in [0.15, 0.2) is 22.8 Å². The van der Waals surface area contributed by atoms with Crippen molar-refractivity contribution in [3.8, 4) is 0 Å². The van der Waals surface area contributed by atoms with Crippen molar-refractivity contribution < 1.29 is 13.2 Å². The first-order chi connectivity index (χ1) is 12.0. The number of nitrogens with zero attached hydrogens (tertiary/aromatic N) is 3. The second-order valence-electron chi connectivity index (χ2n) is 6.52. The van der Waals surface area contributed by atoms with Crippen LogP contribution in [0.2, 0.25) is 0 Å². The molecule has 2 fully saturated rings. The largest absolute Gasteiger partial charge is 0.310 e. The highest BCUT2D eigenvalue weighted by Gasteiger charge is 2.36. The smallest absolute Gasteiger partial charge is 0.281 e. The van der Waals surface area contributed by atoms with E-state index in [2.05, 4.69) is 26.2 Å². The first kappa shape index (κ1) is 18.8. The fourth-order valence-corrected chi connectivity index (χ4v) is 5.31. The molecule has 0 radical (unpaired) electrons. The number of carbonyl (C=O) groups excluding carboxylic acids is 1. The number of anilines is 1. The Kier molecular flexibility index (Phi) is 6.08. The van der Waals surface area contributed by atoms with Crippen LogP contribution in [-0.4, -0.2) is 54.1 Å². The minimum Gasteiger partial charge on any atom is -0.310 e. The van der Waals surface area contributed by atoms with E-state index in [4.69, 9.17) is 0 Å². The molecule has 0 aromatic carbocycles. The Morgan fingerprint density at radius 2 is 1.84 bits per heavy atom. The Balaban J connectivity index is 1.63. The maximum atomic E-state index is 12.8. The van der Waals surface area contributed by atoms with Crippen LogP contribution in [0.4, 0.5) is 5.82 Å². The van der Waals surface area contributed by atoms with E-state index < -0.39 is 10.2 Å². The average molecular weight is 431 g/mol. The van der Waals surface area contributed by atoms with E-state index >= 15 is 0 Å². The zero-order chi connectivity index (χ0) is 17.9. The Morgan fingerprint density at radius 1 is 1.12 bits per heavy atom. The van der Waals surface area contributed by atoms with Crippen molar-refractivity contribution in [2.75, 3.05) is 31.5 Å². The summed E-state index contributed by atoms with van der Waals surface area (Å²) in [6.07, 6.45) is 5.90. The number of rotatable bonds is 4. The highest BCUT2D eigenvalue weighted by atomic mass is 79.9. The summed E-state index contributed by atoms with van der Waals surface area (Å²) in [5.41, 5.74) is 0. The third-order valence-electron chi connectivity index (χ3n) is 4.70. The minimum absolute atomic E-state index is 0.173. The van der Waals surface area contributed by atoms with Crippen LogP contribution >= 0.6 is 15.9 Å². The topological polar surface area (TPSA) is 82.6 Å². The molecule has 0 spiro atoms. The maximum Gasteiger partial charge on any atom is 0.281 e. The zero-order valence-corrected chi connectivity index (χ0v) is 16.4. The summed E-state index contributed by atoms with van der Waals surface area (Å²) >= 11 is 3.30. The minimum atomic E-state index is -3.47. The van der Waals surface area contributed by atoms with Gasteiger partial charge in [-0.3, -0.25) is 4.79 Å². The summed E-state index contributed by atoms with van der Waals surface area (Å²) in [7, 11) is -3.47. The van der Waals surface area contributed by atoms with Gasteiger partial charge in [0.05, 0.1) is 5.92 Å². The molecule has 1 N–H and O–H groups in total. The van der Waals surface area contributed by atoms with Gasteiger partial charge >= 0.3 is 0 Å². The predicted octanol–water partition coefficient (Wildman–Crippen LogP) is 2.23. The van der Waals surface area contributed by atoms with E-state index in [1.54, 1.807) is 22.6 Å². The van der Waals surface area contributed by atoms with Crippen LogP contribution < -0.4 is 5.32 Å². The molecule has 9 heteroatoms. The van der Waals surface area contributed by atoms with Crippen molar-refractivity contribution in [1.82, 2.24) is 13.6 Å². The van der Waals surface area contributed by atoms with Gasteiger partial charge in [0.25, 0.3) is 10.2 Å². The molecule has 3 rings (SSSR count). The monoisotopic (exact) mass is 430 g/mol. The standard InChI is InChI=1S/C16H23BrN4O3S/c17-14-6-7-15(18-11-14)19-16(22)13-5-4-10-21(12-13)25(23,24)20-8-2-1-3-9-20/h6-7,11,13H,1-5,8-10,12H2,(H,18,19,22)/t13-/m1/s1. The molecule has 3 heterocycles. The lowest BCUT2D eigenvalue weighted by molar-refractivity contribution is -0.120. The first-order valence-electron chi connectivity index (χ1n) is 8.64. The molecule has 1 aromatic heterocycles. The highest BCUT2D eigenvalue weighted by Crippen LogP contribution is 2.24. The maximum absolute atomic E-state index is 12.8. The van der Waals surface area contributed by atoms with E-state index in [1.807, 2.05) is 0 Å². The number of hydrogen-bond acceptors (Lipinski definition) is 4. The third-order valence-corrected chi connectivity index (χ3v) is 7.17. The molecular weight excluding hydrogens is 408 g/mol. The van der Waals surface area contributed by atoms with Crippen LogP contribution in [0.1, 0.15) is 32.1 Å². The third kappa shape index (κ3) is 4.58. The van der Waals surface area contributed by atoms with Crippen molar-refractivity contribution in [3.63, 3.8) is 0 Å². The first-order valence-corrected chi connectivity index (χ1v) is 10.8. The Labute approximate surface area is 157 Å². The molecule has 2 aliphatic heterocycles. The number of nitrogens with one attached hydrogen (secondary N) is 1. The fraction of sp³-hybridized carbons (Fsp3) is 0.625. The van der Waals surface area contributed by atoms with E-state index in [1.165, 1.54) is 4.31 Å². The molecule has 0 saturated carbocycles. The van der Waals surface area contributed by atoms with Crippen molar-refractivity contribution in [2.24, 2.45) is 5.92 Å². The number of amides is 1. The van der Waals surface area contributed by atoms with E-state index in [0.717, 1.165) is 23.7 Å². The molecule has 1 atom stereocenters. The second-order valence-corrected chi connectivity index (χ2v) is 9.36. The van der Waals surface area contributed by atoms with E-state index in [0.29, 0.717) is 38.3 Å². The van der Waals surface area contributed by atoms with Gasteiger partial charge in [-0.05, 0) is 53.7 Å². The number of halogens is 1. The van der Waals surface area contributed by atoms with Gasteiger partial charge < -0.3 is 5.32 Å². The summed E-state index contributed by atoms with van der Waals surface area (Å²) in [6, 6.07) is 3.52. The highest BCUT2D eigenvalue weighted by molar-refractivity contribution is 9.10. The zero-order valence-electron chi connectivity index (χ0n) is 14.0. The van der Waals surface area contributed by atoms with Crippen molar-refractivity contribution in [3.05, 3.63) is 22.8 Å². The van der Waals surface area contributed by atoms with Crippen molar-refractivity contribution in [2.45, 2.75) is 32.1 Å². The molecule has 1 amide bonds. The van der Waals surface area contributed by atoms with Gasteiger partial charge in [-0.1, -0.05) is 6.42 Å². The van der Waals surface area contributed by atoms with Gasteiger partial charge in [0.1, 0.15) is 5.82 Å². The van der Waals surface area contributed by atoms with Crippen LogP contribution in [0.3, 0.4) is 0 Å². The molecule has 2 aliphatic rings. The number of piperidine rings is 2. The van der Waals surface area contributed by atoms with Crippen LogP contribution in [0, 0.1) is 5.92 Å². The number of carbonyl (C=O) groups is 1. The Bertz CT molecular complexity index is 705. The number of hydrogen-bond donors (Lipinski definition) is 1. The SMILES string of the molecule is O=C(Nc1ccc(Br)cn1)[C@@H]1CCCN(S(=O)(=O)N2CCCCC2)C1. The summed E-state index contributed by atoms with van der Waals surface area (Å²) in [4.78, 5) is 16.6. The van der Waals surface area contributed by atoms with Gasteiger partial charge in [-0.2, -0.15) is 17.0 Å². The van der Waals surface area contributed by atoms with Crippen molar-refractivity contribution in [1.29, 1.82) is 0 Å². The second kappa shape index (κ2) is 8.11. The van der Waals surface area contributed by atoms with Crippen molar-refractivity contribution >= 4 is 37.9 Å². The quantitative estimate of drug-likeness (QED) is 0.793. The average Bonchev–Trinajstić information content (AvgIpc) is 2.64. The molecule has 25 heavy (non-hydrogen) atoms. The van der Waals surface area contributed by atoms with Crippen LogP contribution in [-0.2, 0) is 15.0 Å². The lowest BCUT2D eigenvalue weighted by Gasteiger charge is -2.36. The van der Waals surface area contributed by atoms with Gasteiger partial charge in [-0.25, -0.2) is 4.98 Å². The van der Waals surface area contributed by atoms with Gasteiger partial charge in [0, 0.05) is 36.8 Å². The van der Waals surface area contributed by atoms with Gasteiger partial charge in [0.2, 0.25) is 5.91 Å². The molecule has 138 valence electrons. The molecule has 0 bridgehead atoms. The molecular formula is C16H23BrN4O3S. The molecule has 0 unspecified atom stereocenters. The predicted molar refractivity (Wildman–Crippen MR) is 99.2 cm³/mol. The summed E-state index contributed by atoms with van der Waals surface area (Å²) in [6.45, 7) is 1.89. The molecule has 0 aliphatic carbocycles. The summed E-state index contributed by atoms with van der Waals surface area (Å²) in [5, 5.41) is 2.78. The van der Waals surface area contributed by atoms with E-state index in [-0.39, 0.29) is 18.4 Å². The number of pyridine rings is 1. The molecule has 1 aromatic rings. The lowest BCUT2D eigenvalue weighted by atomic mass is 9.99. The lowest BCUT2D eigenvalue weighted by Crippen LogP contribution is -2.50. The summed E-state index contributed by atoms with van der Waals surface area (Å²) in [5.74, 6) is -0.0451. The van der Waals surface area contributed by atoms with E-state index in [9.17, 15) is 13.2 Å². The molecule has 7 nitrogen and oxygen atoms in total. The van der Waals surface area contributed by atoms with Gasteiger partial charge in [-0.15, -0.1) is 0 Å². The Hall–Kier alpha value is -1.03. The van der Waals surface area contributed by atoms with Gasteiger partial charge in [0.15, 0.2) is 0 Å².